The summed E-state index contributed by atoms with van der Waals surface area (Å²) in [6, 6.07) is 0. The monoisotopic (exact) mass is 140 g/mol. The highest BCUT2D eigenvalue weighted by Gasteiger charge is 1.81. The molecule has 0 aromatic rings. The lowest BCUT2D eigenvalue weighted by Crippen LogP contribution is -1.82. The minimum absolute atomic E-state index is 0.177. The molecule has 1 N–H and O–H groups in total. The van der Waals surface area contributed by atoms with Crippen molar-refractivity contribution in [3.05, 3.63) is 23.3 Å². The number of hydrogen-bond acceptors (Lipinski definition) is 1. The van der Waals surface area contributed by atoms with Gasteiger partial charge in [-0.25, -0.2) is 0 Å². The molecule has 58 valence electrons. The first-order valence-electron chi connectivity index (χ1n) is 3.56. The zero-order valence-corrected chi connectivity index (χ0v) is 7.02. The Kier molecular flexibility index (Phi) is 4.95. The molecule has 0 heterocycles. The Labute approximate surface area is 63.1 Å². The van der Waals surface area contributed by atoms with E-state index < -0.39 is 0 Å². The Hall–Kier alpha value is -0.560. The van der Waals surface area contributed by atoms with Crippen LogP contribution in [0.1, 0.15) is 27.2 Å². The summed E-state index contributed by atoms with van der Waals surface area (Å²) in [6.07, 6.45) is 5.11. The molecule has 0 radical (unpaired) electrons. The second kappa shape index (κ2) is 5.24. The Bertz CT molecular complexity index is 139. The summed E-state index contributed by atoms with van der Waals surface area (Å²) in [6.45, 7) is 6.25. The molecule has 0 aromatic carbocycles. The number of rotatable bonds is 3. The predicted octanol–water partition coefficient (Wildman–Crippen LogP) is 2.28. The van der Waals surface area contributed by atoms with Gasteiger partial charge in [0.1, 0.15) is 0 Å². The summed E-state index contributed by atoms with van der Waals surface area (Å²) in [5, 5.41) is 8.61. The van der Waals surface area contributed by atoms with Gasteiger partial charge >= 0.3 is 0 Å². The van der Waals surface area contributed by atoms with E-state index in [1.54, 1.807) is 0 Å². The molecule has 0 saturated carbocycles. The molecule has 0 amide bonds. The van der Waals surface area contributed by atoms with Crippen molar-refractivity contribution in [3.63, 3.8) is 0 Å². The molecule has 0 unspecified atom stereocenters. The standard InChI is InChI=1S/C9H16O/c1-8(2)5-4-6-9(3)7-10/h5-6,10H,4,7H2,1-3H3/b9-6+. The van der Waals surface area contributed by atoms with E-state index in [0.717, 1.165) is 12.0 Å². The summed E-state index contributed by atoms with van der Waals surface area (Å²) >= 11 is 0. The molecule has 1 heteroatoms. The Morgan fingerprint density at radius 1 is 1.20 bits per heavy atom. The van der Waals surface area contributed by atoms with Gasteiger partial charge in [-0.15, -0.1) is 0 Å². The van der Waals surface area contributed by atoms with Crippen molar-refractivity contribution in [1.29, 1.82) is 0 Å². The molecule has 0 spiro atoms. The van der Waals surface area contributed by atoms with E-state index in [1.165, 1.54) is 5.57 Å². The van der Waals surface area contributed by atoms with Crippen molar-refractivity contribution < 1.29 is 5.11 Å². The van der Waals surface area contributed by atoms with E-state index >= 15 is 0 Å². The normalized spacial score (nSPS) is 11.4. The second-order valence-corrected chi connectivity index (χ2v) is 2.73. The number of aliphatic hydroxyl groups is 1. The highest BCUT2D eigenvalue weighted by Crippen LogP contribution is 1.97. The molecule has 0 aliphatic heterocycles. The quantitative estimate of drug-likeness (QED) is 0.596. The van der Waals surface area contributed by atoms with E-state index in [4.69, 9.17) is 5.11 Å². The highest BCUT2D eigenvalue weighted by molar-refractivity contribution is 5.04. The van der Waals surface area contributed by atoms with E-state index in [2.05, 4.69) is 19.9 Å². The fraction of sp³-hybridized carbons (Fsp3) is 0.556. The summed E-state index contributed by atoms with van der Waals surface area (Å²) in [4.78, 5) is 0. The summed E-state index contributed by atoms with van der Waals surface area (Å²) in [5.41, 5.74) is 2.36. The van der Waals surface area contributed by atoms with Gasteiger partial charge in [0.05, 0.1) is 6.61 Å². The Balaban J connectivity index is 3.63. The smallest absolute Gasteiger partial charge is 0.0639 e. The molecule has 0 aliphatic rings. The van der Waals surface area contributed by atoms with Crippen LogP contribution in [0, 0.1) is 0 Å². The maximum absolute atomic E-state index is 8.61. The lowest BCUT2D eigenvalue weighted by molar-refractivity contribution is 0.331. The topological polar surface area (TPSA) is 20.2 Å². The first-order valence-corrected chi connectivity index (χ1v) is 3.56. The predicted molar refractivity (Wildman–Crippen MR) is 44.9 cm³/mol. The first-order chi connectivity index (χ1) is 4.66. The van der Waals surface area contributed by atoms with Crippen LogP contribution in [0.5, 0.6) is 0 Å². The van der Waals surface area contributed by atoms with Crippen LogP contribution < -0.4 is 0 Å². The summed E-state index contributed by atoms with van der Waals surface area (Å²) < 4.78 is 0. The van der Waals surface area contributed by atoms with Gasteiger partial charge in [0.15, 0.2) is 0 Å². The van der Waals surface area contributed by atoms with E-state index in [0.29, 0.717) is 0 Å². The second-order valence-electron chi connectivity index (χ2n) is 2.73. The van der Waals surface area contributed by atoms with Gasteiger partial charge in [0, 0.05) is 0 Å². The van der Waals surface area contributed by atoms with Crippen LogP contribution in [0.15, 0.2) is 23.3 Å². The number of aliphatic hydroxyl groups excluding tert-OH is 1. The van der Waals surface area contributed by atoms with Gasteiger partial charge in [0.2, 0.25) is 0 Å². The van der Waals surface area contributed by atoms with E-state index in [-0.39, 0.29) is 6.61 Å². The molecule has 10 heavy (non-hydrogen) atoms. The van der Waals surface area contributed by atoms with E-state index in [9.17, 15) is 0 Å². The molecule has 1 nitrogen and oxygen atoms in total. The molecule has 0 saturated heterocycles. The average Bonchev–Trinajstić information content (AvgIpc) is 1.87. The fourth-order valence-electron chi connectivity index (χ4n) is 0.560. The van der Waals surface area contributed by atoms with Crippen LogP contribution in [-0.4, -0.2) is 11.7 Å². The van der Waals surface area contributed by atoms with Crippen LogP contribution >= 0.6 is 0 Å². The average molecular weight is 140 g/mol. The molecule has 0 fully saturated rings. The van der Waals surface area contributed by atoms with Crippen LogP contribution in [0.25, 0.3) is 0 Å². The summed E-state index contributed by atoms with van der Waals surface area (Å²) in [5.74, 6) is 0. The van der Waals surface area contributed by atoms with Crippen LogP contribution in [0.2, 0.25) is 0 Å². The molecule has 0 bridgehead atoms. The molecule has 0 atom stereocenters. The van der Waals surface area contributed by atoms with Gasteiger partial charge < -0.3 is 5.11 Å². The molecule has 0 aromatic heterocycles. The number of allylic oxidation sites excluding steroid dienone is 3. The first kappa shape index (κ1) is 9.44. The molecule has 0 aliphatic carbocycles. The minimum Gasteiger partial charge on any atom is -0.392 e. The van der Waals surface area contributed by atoms with Crippen molar-refractivity contribution in [2.45, 2.75) is 27.2 Å². The Morgan fingerprint density at radius 3 is 2.20 bits per heavy atom. The lowest BCUT2D eigenvalue weighted by atomic mass is 10.2. The van der Waals surface area contributed by atoms with Crippen LogP contribution in [0.4, 0.5) is 0 Å². The maximum atomic E-state index is 8.61. The SMILES string of the molecule is CC(C)=CC/C=C(\C)CO. The van der Waals surface area contributed by atoms with Gasteiger partial charge in [-0.05, 0) is 27.2 Å². The van der Waals surface area contributed by atoms with Gasteiger partial charge in [-0.1, -0.05) is 23.3 Å². The van der Waals surface area contributed by atoms with E-state index in [1.807, 2.05) is 13.0 Å². The van der Waals surface area contributed by atoms with Gasteiger partial charge in [0.25, 0.3) is 0 Å². The minimum atomic E-state index is 0.177. The molecular weight excluding hydrogens is 124 g/mol. The lowest BCUT2D eigenvalue weighted by Gasteiger charge is -1.91. The third-order valence-corrected chi connectivity index (χ3v) is 1.24. The zero-order chi connectivity index (χ0) is 7.98. The maximum Gasteiger partial charge on any atom is 0.0639 e. The number of hydrogen-bond donors (Lipinski definition) is 1. The zero-order valence-electron chi connectivity index (χ0n) is 7.02. The third-order valence-electron chi connectivity index (χ3n) is 1.24. The van der Waals surface area contributed by atoms with Gasteiger partial charge in [-0.3, -0.25) is 0 Å². The van der Waals surface area contributed by atoms with Crippen molar-refractivity contribution >= 4 is 0 Å². The van der Waals surface area contributed by atoms with Crippen molar-refractivity contribution in [2.24, 2.45) is 0 Å². The largest absolute Gasteiger partial charge is 0.392 e. The molecular formula is C9H16O. The van der Waals surface area contributed by atoms with Crippen molar-refractivity contribution in [1.82, 2.24) is 0 Å². The third kappa shape index (κ3) is 5.57. The summed E-state index contributed by atoms with van der Waals surface area (Å²) in [7, 11) is 0. The van der Waals surface area contributed by atoms with Crippen molar-refractivity contribution in [2.75, 3.05) is 6.61 Å². The van der Waals surface area contributed by atoms with Gasteiger partial charge in [-0.2, -0.15) is 0 Å². The van der Waals surface area contributed by atoms with Crippen LogP contribution in [0.3, 0.4) is 0 Å². The van der Waals surface area contributed by atoms with Crippen molar-refractivity contribution in [3.8, 4) is 0 Å². The molecule has 0 rings (SSSR count). The Morgan fingerprint density at radius 2 is 1.80 bits per heavy atom. The van der Waals surface area contributed by atoms with Crippen LogP contribution in [-0.2, 0) is 0 Å². The fourth-order valence-corrected chi connectivity index (χ4v) is 0.560. The highest BCUT2D eigenvalue weighted by atomic mass is 16.3.